The zero-order valence-corrected chi connectivity index (χ0v) is 33.9. The van der Waals surface area contributed by atoms with Crippen LogP contribution >= 0.6 is 11.6 Å². The Morgan fingerprint density at radius 2 is 1.62 bits per heavy atom. The molecular formula is C44H64ClNO6. The SMILES string of the molecule is CC(C)C1=C2[C@H]3CC[C@@H]4[C@@]5(C)CC[C@H](OC(=O)CC(C)(C)C(=O)O)C(C)(C)C5CC[C@@]4(C)[C@]3(C)CC[C@@]2([C@@H](O)CNCc2ccc(Cl)cc2)CC1=O. The lowest BCUT2D eigenvalue weighted by molar-refractivity contribution is -0.235. The Balaban J connectivity index is 1.26. The van der Waals surface area contributed by atoms with E-state index in [0.717, 1.165) is 62.5 Å². The van der Waals surface area contributed by atoms with Gasteiger partial charge in [0.25, 0.3) is 0 Å². The molecule has 0 saturated heterocycles. The first-order valence-corrected chi connectivity index (χ1v) is 20.4. The summed E-state index contributed by atoms with van der Waals surface area (Å²) in [6.07, 6.45) is 7.17. The summed E-state index contributed by atoms with van der Waals surface area (Å²) in [6.45, 7) is 20.7. The highest BCUT2D eigenvalue weighted by Crippen LogP contribution is 2.77. The van der Waals surface area contributed by atoms with Gasteiger partial charge in [0.15, 0.2) is 5.78 Å². The first kappa shape index (κ1) is 39.5. The number of hydrogen-bond donors (Lipinski definition) is 3. The number of aliphatic hydroxyl groups excluding tert-OH is 1. The Morgan fingerprint density at radius 1 is 0.942 bits per heavy atom. The smallest absolute Gasteiger partial charge is 0.309 e. The van der Waals surface area contributed by atoms with Crippen LogP contribution in [-0.4, -0.2) is 46.7 Å². The van der Waals surface area contributed by atoms with Crippen LogP contribution in [0.3, 0.4) is 0 Å². The van der Waals surface area contributed by atoms with Gasteiger partial charge in [-0.25, -0.2) is 0 Å². The molecule has 4 saturated carbocycles. The fraction of sp³-hybridized carbons (Fsp3) is 0.750. The monoisotopic (exact) mass is 737 g/mol. The second-order valence-electron chi connectivity index (χ2n) is 19.8. The molecule has 8 heteroatoms. The second-order valence-corrected chi connectivity index (χ2v) is 20.3. The number of aliphatic carboxylic acids is 1. The van der Waals surface area contributed by atoms with E-state index in [-0.39, 0.29) is 51.8 Å². The molecule has 5 aliphatic rings. The summed E-state index contributed by atoms with van der Waals surface area (Å²) >= 11 is 6.10. The summed E-state index contributed by atoms with van der Waals surface area (Å²) in [4.78, 5) is 38.8. The number of fused-ring (bicyclic) bond motifs is 7. The molecule has 0 radical (unpaired) electrons. The molecule has 1 unspecified atom stereocenters. The van der Waals surface area contributed by atoms with Crippen LogP contribution in [0, 0.1) is 56.2 Å². The predicted octanol–water partition coefficient (Wildman–Crippen LogP) is 9.18. The molecule has 7 nitrogen and oxygen atoms in total. The molecule has 5 aliphatic carbocycles. The van der Waals surface area contributed by atoms with Crippen LogP contribution in [-0.2, 0) is 25.7 Å². The Hall–Kier alpha value is -2.22. The van der Waals surface area contributed by atoms with Gasteiger partial charge in [0.1, 0.15) is 6.10 Å². The van der Waals surface area contributed by atoms with Gasteiger partial charge < -0.3 is 20.3 Å². The highest BCUT2D eigenvalue weighted by molar-refractivity contribution is 6.30. The Bertz CT molecular complexity index is 1610. The Morgan fingerprint density at radius 3 is 2.25 bits per heavy atom. The van der Waals surface area contributed by atoms with E-state index in [2.05, 4.69) is 53.8 Å². The second kappa shape index (κ2) is 13.5. The van der Waals surface area contributed by atoms with Crippen LogP contribution in [0.2, 0.25) is 5.02 Å². The third-order valence-corrected chi connectivity index (χ3v) is 16.3. The number of carboxylic acids is 1. The third kappa shape index (κ3) is 6.11. The number of hydrogen-bond acceptors (Lipinski definition) is 6. The number of carbonyl (C=O) groups is 3. The number of rotatable bonds is 10. The molecule has 9 atom stereocenters. The van der Waals surface area contributed by atoms with Crippen molar-refractivity contribution in [2.45, 2.75) is 145 Å². The molecule has 0 bridgehead atoms. The molecule has 3 N–H and O–H groups in total. The fourth-order valence-electron chi connectivity index (χ4n) is 13.1. The average Bonchev–Trinajstić information content (AvgIpc) is 3.36. The third-order valence-electron chi connectivity index (χ3n) is 16.1. The van der Waals surface area contributed by atoms with Gasteiger partial charge in [0, 0.05) is 35.4 Å². The summed E-state index contributed by atoms with van der Waals surface area (Å²) in [5, 5.41) is 26.0. The molecule has 1 aromatic rings. The first-order chi connectivity index (χ1) is 24.1. The standard InChI is InChI=1S/C44H64ClNO6/c1-26(2)36-30(47)22-44(33(48)25-46-24-27-10-12-28(45)13-11-27)21-20-42(8)29(37(36)44)14-15-32-41(7)18-17-34(52-35(49)23-39(3,4)38(50)51)40(5,6)31(41)16-19-43(32,42)9/h10-13,26,29,31-34,46,48H,14-25H2,1-9H3,(H,50,51)/t29-,31?,32-,33+,34+,41+,42-,43-,44+/m1/s1. The minimum Gasteiger partial charge on any atom is -0.481 e. The number of nitrogens with one attached hydrogen (secondary N) is 1. The number of ether oxygens (including phenoxy) is 1. The van der Waals surface area contributed by atoms with Crippen molar-refractivity contribution in [3.8, 4) is 0 Å². The van der Waals surface area contributed by atoms with Gasteiger partial charge in [0.2, 0.25) is 0 Å². The topological polar surface area (TPSA) is 113 Å². The zero-order valence-electron chi connectivity index (χ0n) is 33.2. The molecular weight excluding hydrogens is 674 g/mol. The van der Waals surface area contributed by atoms with Crippen molar-refractivity contribution in [3.63, 3.8) is 0 Å². The number of carbonyl (C=O) groups excluding carboxylic acids is 2. The number of Topliss-reactive ketones (excluding diaryl/α,β-unsaturated/α-hetero) is 1. The lowest BCUT2D eigenvalue weighted by atomic mass is 9.33. The summed E-state index contributed by atoms with van der Waals surface area (Å²) in [6, 6.07) is 7.79. The molecule has 0 aliphatic heterocycles. The summed E-state index contributed by atoms with van der Waals surface area (Å²) in [7, 11) is 0. The maximum absolute atomic E-state index is 14.0. The van der Waals surface area contributed by atoms with Crippen molar-refractivity contribution < 1.29 is 29.3 Å². The van der Waals surface area contributed by atoms with E-state index in [0.29, 0.717) is 36.4 Å². The van der Waals surface area contributed by atoms with E-state index in [9.17, 15) is 24.6 Å². The number of halogens is 1. The first-order valence-electron chi connectivity index (χ1n) is 20.0. The Kier molecular flexibility index (Phi) is 10.3. The van der Waals surface area contributed by atoms with Crippen LogP contribution in [0.4, 0.5) is 0 Å². The van der Waals surface area contributed by atoms with E-state index >= 15 is 0 Å². The van der Waals surface area contributed by atoms with Crippen LogP contribution in [0.15, 0.2) is 35.4 Å². The normalized spacial score (nSPS) is 37.5. The maximum Gasteiger partial charge on any atom is 0.309 e. The number of ketones is 1. The van der Waals surface area contributed by atoms with E-state index < -0.39 is 28.9 Å². The van der Waals surface area contributed by atoms with Crippen LogP contribution in [0.25, 0.3) is 0 Å². The summed E-state index contributed by atoms with van der Waals surface area (Å²) in [5.74, 6) is 0.0352. The van der Waals surface area contributed by atoms with Crippen molar-refractivity contribution in [2.75, 3.05) is 6.54 Å². The van der Waals surface area contributed by atoms with Gasteiger partial charge >= 0.3 is 11.9 Å². The fourth-order valence-corrected chi connectivity index (χ4v) is 13.2. The van der Waals surface area contributed by atoms with Gasteiger partial charge in [-0.15, -0.1) is 0 Å². The molecule has 0 aromatic heterocycles. The van der Waals surface area contributed by atoms with Crippen molar-refractivity contribution in [1.82, 2.24) is 5.32 Å². The van der Waals surface area contributed by atoms with Crippen LogP contribution in [0.5, 0.6) is 0 Å². The number of allylic oxidation sites excluding steroid dienone is 1. The lowest BCUT2D eigenvalue weighted by Crippen LogP contribution is -2.66. The quantitative estimate of drug-likeness (QED) is 0.205. The van der Waals surface area contributed by atoms with Crippen molar-refractivity contribution in [1.29, 1.82) is 0 Å². The van der Waals surface area contributed by atoms with Crippen molar-refractivity contribution in [3.05, 3.63) is 46.0 Å². The zero-order chi connectivity index (χ0) is 38.2. The average molecular weight is 738 g/mol. The molecule has 4 fully saturated rings. The molecule has 0 spiro atoms. The molecule has 0 heterocycles. The predicted molar refractivity (Wildman–Crippen MR) is 205 cm³/mol. The number of esters is 1. The minimum atomic E-state index is -1.17. The van der Waals surface area contributed by atoms with Gasteiger partial charge in [-0.2, -0.15) is 0 Å². The summed E-state index contributed by atoms with van der Waals surface area (Å²) in [5.41, 5.74) is 1.55. The molecule has 6 rings (SSSR count). The van der Waals surface area contributed by atoms with Gasteiger partial charge in [-0.05, 0) is 128 Å². The molecule has 0 amide bonds. The van der Waals surface area contributed by atoms with Gasteiger partial charge in [0.05, 0.1) is 17.9 Å². The highest BCUT2D eigenvalue weighted by Gasteiger charge is 2.70. The largest absolute Gasteiger partial charge is 0.481 e. The van der Waals surface area contributed by atoms with E-state index in [4.69, 9.17) is 16.3 Å². The molecule has 52 heavy (non-hydrogen) atoms. The number of benzene rings is 1. The number of aliphatic hydroxyl groups is 1. The molecule has 1 aromatic carbocycles. The van der Waals surface area contributed by atoms with E-state index in [1.54, 1.807) is 13.8 Å². The van der Waals surface area contributed by atoms with Gasteiger partial charge in [-0.1, -0.05) is 77.8 Å². The molecule has 288 valence electrons. The Labute approximate surface area is 317 Å². The minimum absolute atomic E-state index is 0.0141. The summed E-state index contributed by atoms with van der Waals surface area (Å²) < 4.78 is 6.16. The highest BCUT2D eigenvalue weighted by atomic mass is 35.5. The van der Waals surface area contributed by atoms with Crippen LogP contribution in [0.1, 0.15) is 132 Å². The maximum atomic E-state index is 14.0. The van der Waals surface area contributed by atoms with Crippen molar-refractivity contribution >= 4 is 29.3 Å². The van der Waals surface area contributed by atoms with E-state index in [1.165, 1.54) is 5.57 Å². The van der Waals surface area contributed by atoms with E-state index in [1.807, 2.05) is 24.3 Å². The number of carboxylic acid groups (broad SMARTS) is 1. The van der Waals surface area contributed by atoms with Gasteiger partial charge in [-0.3, -0.25) is 14.4 Å². The van der Waals surface area contributed by atoms with Crippen LogP contribution < -0.4 is 5.32 Å². The van der Waals surface area contributed by atoms with Crippen molar-refractivity contribution in [2.24, 2.45) is 56.2 Å². The lowest BCUT2D eigenvalue weighted by Gasteiger charge is -2.72.